The molecule has 1 aliphatic heterocycles. The van der Waals surface area contributed by atoms with Crippen molar-refractivity contribution in [2.75, 3.05) is 32.9 Å². The molecule has 308 valence electrons. The van der Waals surface area contributed by atoms with E-state index in [0.29, 0.717) is 35.1 Å². The second-order valence-electron chi connectivity index (χ2n) is 17.4. The van der Waals surface area contributed by atoms with Crippen LogP contribution < -0.4 is 10.4 Å². The number of ether oxygens (including phenoxy) is 1. The number of benzene rings is 3. The molecule has 0 unspecified atom stereocenters. The molecule has 3 aromatic rings. The Morgan fingerprint density at radius 3 is 2.02 bits per heavy atom. The van der Waals surface area contributed by atoms with Crippen LogP contribution in [0.4, 0.5) is 0 Å². The molecule has 10 heteroatoms. The molecule has 0 atom stereocenters. The van der Waals surface area contributed by atoms with Gasteiger partial charge in [0, 0.05) is 39.2 Å². The Hall–Kier alpha value is -3.77. The monoisotopic (exact) mass is 828 g/mol. The van der Waals surface area contributed by atoms with E-state index < -0.39 is 16.4 Å². The van der Waals surface area contributed by atoms with Crippen molar-refractivity contribution in [2.45, 2.75) is 110 Å². The number of esters is 1. The molecule has 0 N–H and O–H groups in total. The number of halogens is 1. The van der Waals surface area contributed by atoms with Crippen molar-refractivity contribution in [3.63, 3.8) is 0 Å². The summed E-state index contributed by atoms with van der Waals surface area (Å²) in [6.07, 6.45) is 14.2. The summed E-state index contributed by atoms with van der Waals surface area (Å²) in [5.41, 5.74) is 3.37. The molecule has 0 radical (unpaired) electrons. The first-order valence-corrected chi connectivity index (χ1v) is 26.6. The average Bonchev–Trinajstić information content (AvgIpc) is 3.17. The standard InChI is InChI=1S/C47H65ClN2O5Si2/c1-37-34-38(2)45(48)42(44(37)46(52)53-32-33-56(6,7)8)35-39(49-54-36-43(51)50-29-21-15-22-30-50)24-16-11-9-10-12-23-31-55-57(47(3,4)5,40-25-17-13-18-26-40)41-27-19-14-20-28-41/h10,12-14,16-20,24-28,34H,9,11,15,21-23,29-33,35-36H2,1-8H3/b12-10+,24-16+,49-39+. The minimum Gasteiger partial charge on any atom is -0.462 e. The lowest BCUT2D eigenvalue weighted by Gasteiger charge is -2.43. The largest absolute Gasteiger partial charge is 0.462 e. The van der Waals surface area contributed by atoms with Gasteiger partial charge in [-0.3, -0.25) is 4.79 Å². The molecule has 0 saturated carbocycles. The van der Waals surface area contributed by atoms with E-state index in [9.17, 15) is 9.59 Å². The van der Waals surface area contributed by atoms with Gasteiger partial charge in [-0.25, -0.2) is 4.79 Å². The minimum atomic E-state index is -2.57. The molecule has 0 aromatic heterocycles. The van der Waals surface area contributed by atoms with Crippen LogP contribution in [0.2, 0.25) is 35.7 Å². The molecule has 1 heterocycles. The zero-order chi connectivity index (χ0) is 41.5. The lowest BCUT2D eigenvalue weighted by Crippen LogP contribution is -2.66. The lowest BCUT2D eigenvalue weighted by molar-refractivity contribution is -0.137. The summed E-state index contributed by atoms with van der Waals surface area (Å²) in [6.45, 7) is 19.9. The number of unbranched alkanes of at least 4 members (excludes halogenated alkanes) is 1. The molecule has 4 rings (SSSR count). The van der Waals surface area contributed by atoms with Gasteiger partial charge in [0.1, 0.15) is 0 Å². The molecule has 0 spiro atoms. The van der Waals surface area contributed by atoms with Gasteiger partial charge < -0.3 is 18.9 Å². The molecule has 57 heavy (non-hydrogen) atoms. The molecule has 1 amide bonds. The van der Waals surface area contributed by atoms with Gasteiger partial charge in [0.25, 0.3) is 14.2 Å². The molecule has 1 fully saturated rings. The van der Waals surface area contributed by atoms with Crippen molar-refractivity contribution in [2.24, 2.45) is 5.16 Å². The van der Waals surface area contributed by atoms with Crippen LogP contribution in [-0.2, 0) is 25.2 Å². The fourth-order valence-corrected chi connectivity index (χ4v) is 12.9. The number of aryl methyl sites for hydroxylation is 2. The molecule has 7 nitrogen and oxygen atoms in total. The third-order valence-electron chi connectivity index (χ3n) is 10.5. The van der Waals surface area contributed by atoms with Crippen LogP contribution in [0.5, 0.6) is 0 Å². The van der Waals surface area contributed by atoms with E-state index in [-0.39, 0.29) is 29.9 Å². The Kier molecular flexibility index (Phi) is 17.6. The number of allylic oxidation sites excluding steroid dienone is 3. The fraction of sp³-hybridized carbons (Fsp3) is 0.468. The third kappa shape index (κ3) is 13.4. The average molecular weight is 830 g/mol. The Morgan fingerprint density at radius 1 is 0.825 bits per heavy atom. The number of amides is 1. The van der Waals surface area contributed by atoms with Crippen molar-refractivity contribution in [3.8, 4) is 0 Å². The van der Waals surface area contributed by atoms with Crippen LogP contribution in [-0.4, -0.2) is 71.8 Å². The van der Waals surface area contributed by atoms with Gasteiger partial charge in [0.05, 0.1) is 17.9 Å². The molecule has 0 bridgehead atoms. The Balaban J connectivity index is 1.45. The number of carbonyl (C=O) groups is 2. The summed E-state index contributed by atoms with van der Waals surface area (Å²) in [5, 5.41) is 7.45. The van der Waals surface area contributed by atoms with E-state index in [4.69, 9.17) is 25.6 Å². The van der Waals surface area contributed by atoms with Gasteiger partial charge in [-0.15, -0.1) is 0 Å². The first kappa shape index (κ1) is 45.9. The van der Waals surface area contributed by atoms with E-state index in [2.05, 4.69) is 124 Å². The summed E-state index contributed by atoms with van der Waals surface area (Å²) in [6, 6.07) is 24.3. The Bertz CT molecular complexity index is 1800. The van der Waals surface area contributed by atoms with Crippen LogP contribution in [0.15, 0.2) is 96.2 Å². The van der Waals surface area contributed by atoms with E-state index in [1.165, 1.54) is 10.4 Å². The Labute approximate surface area is 349 Å². The number of nitrogens with zero attached hydrogens (tertiary/aromatic N) is 2. The SMILES string of the molecule is Cc1cc(C)c(C(=O)OCC[Si](C)(C)C)c(CC(/C=C/CC/C=C/CCO[Si](c2ccccc2)(c2ccccc2)C(C)(C)C)=N/OCC(=O)N2CCCCC2)c1Cl. The van der Waals surface area contributed by atoms with Crippen molar-refractivity contribution in [1.82, 2.24) is 4.90 Å². The summed E-state index contributed by atoms with van der Waals surface area (Å²) < 4.78 is 12.8. The third-order valence-corrected chi connectivity index (χ3v) is 17.7. The van der Waals surface area contributed by atoms with Gasteiger partial charge in [-0.05, 0) is 96.6 Å². The second-order valence-corrected chi connectivity index (χ2v) is 27.7. The first-order valence-electron chi connectivity index (χ1n) is 20.6. The molecule has 1 saturated heterocycles. The summed E-state index contributed by atoms with van der Waals surface area (Å²) in [5.74, 6) is -0.446. The quantitative estimate of drug-likeness (QED) is 0.0300. The first-order chi connectivity index (χ1) is 27.1. The molecular formula is C47H65ClN2O5Si2. The van der Waals surface area contributed by atoms with Gasteiger partial charge >= 0.3 is 5.97 Å². The van der Waals surface area contributed by atoms with Crippen LogP contribution in [0.1, 0.15) is 86.3 Å². The summed E-state index contributed by atoms with van der Waals surface area (Å²) >= 11 is 6.92. The van der Waals surface area contributed by atoms with Gasteiger partial charge in [-0.2, -0.15) is 0 Å². The fourth-order valence-electron chi connectivity index (χ4n) is 7.42. The van der Waals surface area contributed by atoms with E-state index in [0.717, 1.165) is 68.8 Å². The minimum absolute atomic E-state index is 0.0653. The number of hydrogen-bond donors (Lipinski definition) is 0. The second kappa shape index (κ2) is 21.8. The van der Waals surface area contributed by atoms with Crippen LogP contribution in [0.3, 0.4) is 0 Å². The van der Waals surface area contributed by atoms with E-state index in [1.54, 1.807) is 0 Å². The Morgan fingerprint density at radius 2 is 1.42 bits per heavy atom. The zero-order valence-electron chi connectivity index (χ0n) is 35.7. The van der Waals surface area contributed by atoms with Crippen LogP contribution in [0, 0.1) is 13.8 Å². The molecule has 3 aromatic carbocycles. The molecule has 1 aliphatic rings. The molecular weight excluding hydrogens is 764 g/mol. The highest BCUT2D eigenvalue weighted by Gasteiger charge is 2.49. The van der Waals surface area contributed by atoms with Crippen molar-refractivity contribution in [3.05, 3.63) is 118 Å². The summed E-state index contributed by atoms with van der Waals surface area (Å²) in [4.78, 5) is 33.9. The van der Waals surface area contributed by atoms with Crippen LogP contribution in [0.25, 0.3) is 0 Å². The number of oxime groups is 1. The zero-order valence-corrected chi connectivity index (χ0v) is 38.4. The highest BCUT2D eigenvalue weighted by molar-refractivity contribution is 6.99. The smallest absolute Gasteiger partial charge is 0.338 e. The normalized spacial score (nSPS) is 14.4. The number of rotatable bonds is 19. The maximum Gasteiger partial charge on any atom is 0.338 e. The van der Waals surface area contributed by atoms with E-state index in [1.807, 2.05) is 30.9 Å². The summed E-state index contributed by atoms with van der Waals surface area (Å²) in [7, 11) is -3.97. The number of piperidine rings is 1. The highest BCUT2D eigenvalue weighted by atomic mass is 35.5. The van der Waals surface area contributed by atoms with Gasteiger partial charge in [0.2, 0.25) is 0 Å². The van der Waals surface area contributed by atoms with Gasteiger partial charge in [0.15, 0.2) is 6.61 Å². The van der Waals surface area contributed by atoms with E-state index >= 15 is 0 Å². The van der Waals surface area contributed by atoms with Crippen molar-refractivity contribution >= 4 is 56.0 Å². The van der Waals surface area contributed by atoms with Crippen molar-refractivity contribution < 1.29 is 23.6 Å². The predicted octanol–water partition coefficient (Wildman–Crippen LogP) is 10.2. The highest BCUT2D eigenvalue weighted by Crippen LogP contribution is 2.37. The lowest BCUT2D eigenvalue weighted by atomic mass is 9.94. The number of carbonyl (C=O) groups excluding carboxylic acids is 2. The maximum atomic E-state index is 13.5. The van der Waals surface area contributed by atoms with Crippen LogP contribution >= 0.6 is 11.6 Å². The van der Waals surface area contributed by atoms with Crippen molar-refractivity contribution in [1.29, 1.82) is 0 Å². The number of hydrogen-bond acceptors (Lipinski definition) is 6. The topological polar surface area (TPSA) is 77.4 Å². The number of likely N-dealkylation sites (tertiary alicyclic amines) is 1. The van der Waals surface area contributed by atoms with Gasteiger partial charge in [-0.1, -0.05) is 142 Å². The predicted molar refractivity (Wildman–Crippen MR) is 243 cm³/mol. The molecule has 0 aliphatic carbocycles. The maximum absolute atomic E-state index is 13.5.